The van der Waals surface area contributed by atoms with Crippen LogP contribution in [0.25, 0.3) is 0 Å². The minimum Gasteiger partial charge on any atom is -0.495 e. The van der Waals surface area contributed by atoms with Crippen LogP contribution in [0.2, 0.25) is 5.02 Å². The van der Waals surface area contributed by atoms with Gasteiger partial charge >= 0.3 is 0 Å². The smallest absolute Gasteiger partial charge is 0.137 e. The molecule has 2 aromatic carbocycles. The molecule has 1 unspecified atom stereocenters. The molecule has 2 rings (SSSR count). The summed E-state index contributed by atoms with van der Waals surface area (Å²) in [4.78, 5) is 0. The van der Waals surface area contributed by atoms with Crippen molar-refractivity contribution in [1.29, 1.82) is 0 Å². The van der Waals surface area contributed by atoms with Gasteiger partial charge in [-0.05, 0) is 29.8 Å². The van der Waals surface area contributed by atoms with Crippen LogP contribution >= 0.6 is 27.5 Å². The zero-order valence-electron chi connectivity index (χ0n) is 10.7. The summed E-state index contributed by atoms with van der Waals surface area (Å²) in [5, 5.41) is 0.486. The van der Waals surface area contributed by atoms with Gasteiger partial charge in [-0.3, -0.25) is 5.84 Å². The normalized spacial score (nSPS) is 12.2. The summed E-state index contributed by atoms with van der Waals surface area (Å²) in [5.41, 5.74) is 3.80. The highest BCUT2D eigenvalue weighted by Gasteiger charge is 2.20. The van der Waals surface area contributed by atoms with Gasteiger partial charge < -0.3 is 4.74 Å². The van der Waals surface area contributed by atoms with E-state index in [0.29, 0.717) is 20.8 Å². The second-order valence-electron chi connectivity index (χ2n) is 4.13. The maximum atomic E-state index is 14.1. The molecule has 0 bridgehead atoms. The molecular formula is C14H13BrClFN2O. The standard InChI is InChI=1S/C14H13BrClFN2O/c1-20-12-7-8(5-6-10(12)16)14(19-18)13-9(15)3-2-4-11(13)17/h2-7,14,19H,18H2,1H3. The van der Waals surface area contributed by atoms with E-state index in [1.54, 1.807) is 30.3 Å². The van der Waals surface area contributed by atoms with Gasteiger partial charge in [0, 0.05) is 10.0 Å². The Bertz CT molecular complexity index is 604. The topological polar surface area (TPSA) is 47.3 Å². The molecule has 0 fully saturated rings. The average Bonchev–Trinajstić information content (AvgIpc) is 2.44. The van der Waals surface area contributed by atoms with Crippen molar-refractivity contribution in [3.8, 4) is 5.75 Å². The van der Waals surface area contributed by atoms with E-state index in [2.05, 4.69) is 21.4 Å². The molecule has 3 N–H and O–H groups in total. The van der Waals surface area contributed by atoms with Crippen molar-refractivity contribution >= 4 is 27.5 Å². The van der Waals surface area contributed by atoms with Crippen LogP contribution in [0.1, 0.15) is 17.2 Å². The first kappa shape index (κ1) is 15.3. The zero-order valence-corrected chi connectivity index (χ0v) is 13.0. The van der Waals surface area contributed by atoms with Gasteiger partial charge in [0.1, 0.15) is 11.6 Å². The number of methoxy groups -OCH3 is 1. The lowest BCUT2D eigenvalue weighted by atomic mass is 9.98. The third kappa shape index (κ3) is 2.96. The number of hydrazine groups is 1. The summed E-state index contributed by atoms with van der Waals surface area (Å²) in [5.74, 6) is 5.75. The van der Waals surface area contributed by atoms with E-state index in [0.717, 1.165) is 5.56 Å². The fourth-order valence-electron chi connectivity index (χ4n) is 1.99. The monoisotopic (exact) mass is 358 g/mol. The van der Waals surface area contributed by atoms with Crippen molar-refractivity contribution in [1.82, 2.24) is 5.43 Å². The summed E-state index contributed by atoms with van der Waals surface area (Å²) in [6.45, 7) is 0. The Morgan fingerprint density at radius 3 is 2.70 bits per heavy atom. The number of ether oxygens (including phenoxy) is 1. The van der Waals surface area contributed by atoms with Crippen molar-refractivity contribution in [2.75, 3.05) is 7.11 Å². The van der Waals surface area contributed by atoms with E-state index < -0.39 is 6.04 Å². The van der Waals surface area contributed by atoms with Crippen LogP contribution < -0.4 is 16.0 Å². The summed E-state index contributed by atoms with van der Waals surface area (Å²) in [6.07, 6.45) is 0. The Morgan fingerprint density at radius 2 is 2.10 bits per heavy atom. The van der Waals surface area contributed by atoms with Crippen molar-refractivity contribution in [2.24, 2.45) is 5.84 Å². The maximum absolute atomic E-state index is 14.1. The molecule has 0 saturated heterocycles. The Kier molecular flexibility index (Phi) is 4.99. The largest absolute Gasteiger partial charge is 0.495 e. The summed E-state index contributed by atoms with van der Waals surface area (Å²) in [6, 6.07) is 9.44. The molecule has 20 heavy (non-hydrogen) atoms. The number of hydrogen-bond acceptors (Lipinski definition) is 3. The molecule has 6 heteroatoms. The highest BCUT2D eigenvalue weighted by molar-refractivity contribution is 9.10. The zero-order chi connectivity index (χ0) is 14.7. The molecule has 3 nitrogen and oxygen atoms in total. The molecule has 2 aromatic rings. The van der Waals surface area contributed by atoms with Crippen LogP contribution in [0.3, 0.4) is 0 Å². The molecule has 106 valence electrons. The van der Waals surface area contributed by atoms with E-state index in [1.807, 2.05) is 0 Å². The third-order valence-corrected chi connectivity index (χ3v) is 3.97. The van der Waals surface area contributed by atoms with Gasteiger partial charge in [-0.25, -0.2) is 9.82 Å². The van der Waals surface area contributed by atoms with E-state index in [1.165, 1.54) is 13.2 Å². The molecular weight excluding hydrogens is 347 g/mol. The average molecular weight is 360 g/mol. The van der Waals surface area contributed by atoms with Gasteiger partial charge in [-0.15, -0.1) is 0 Å². The van der Waals surface area contributed by atoms with Crippen LogP contribution in [0.4, 0.5) is 4.39 Å². The van der Waals surface area contributed by atoms with Gasteiger partial charge in [-0.1, -0.05) is 39.7 Å². The lowest BCUT2D eigenvalue weighted by molar-refractivity contribution is 0.413. The molecule has 0 radical (unpaired) electrons. The van der Waals surface area contributed by atoms with Gasteiger partial charge in [0.2, 0.25) is 0 Å². The number of nitrogens with two attached hydrogens (primary N) is 1. The van der Waals surface area contributed by atoms with Gasteiger partial charge in [0.15, 0.2) is 0 Å². The Balaban J connectivity index is 2.53. The Labute approximate surface area is 130 Å². The molecule has 0 aliphatic carbocycles. The predicted molar refractivity (Wildman–Crippen MR) is 81.3 cm³/mol. The van der Waals surface area contributed by atoms with Crippen molar-refractivity contribution in [3.63, 3.8) is 0 Å². The first-order valence-electron chi connectivity index (χ1n) is 5.82. The molecule has 0 aliphatic rings. The maximum Gasteiger partial charge on any atom is 0.137 e. The lowest BCUT2D eigenvalue weighted by Gasteiger charge is -2.20. The van der Waals surface area contributed by atoms with E-state index in [4.69, 9.17) is 22.2 Å². The first-order chi connectivity index (χ1) is 9.58. The Morgan fingerprint density at radius 1 is 1.35 bits per heavy atom. The van der Waals surface area contributed by atoms with Crippen molar-refractivity contribution < 1.29 is 9.13 Å². The highest BCUT2D eigenvalue weighted by atomic mass is 79.9. The summed E-state index contributed by atoms with van der Waals surface area (Å²) >= 11 is 9.34. The fraction of sp³-hybridized carbons (Fsp3) is 0.143. The van der Waals surface area contributed by atoms with Crippen LogP contribution in [0.5, 0.6) is 5.75 Å². The fourth-order valence-corrected chi connectivity index (χ4v) is 2.75. The second kappa shape index (κ2) is 6.54. The number of hydrogen-bond donors (Lipinski definition) is 2. The minimum absolute atomic E-state index is 0.351. The first-order valence-corrected chi connectivity index (χ1v) is 6.99. The molecule has 0 spiro atoms. The quantitative estimate of drug-likeness (QED) is 0.645. The van der Waals surface area contributed by atoms with Gasteiger partial charge in [-0.2, -0.15) is 0 Å². The molecule has 0 heterocycles. The Hall–Kier alpha value is -1.14. The van der Waals surface area contributed by atoms with Crippen molar-refractivity contribution in [3.05, 3.63) is 62.8 Å². The molecule has 0 saturated carbocycles. The summed E-state index contributed by atoms with van der Waals surface area (Å²) in [7, 11) is 1.52. The molecule has 0 amide bonds. The lowest BCUT2D eigenvalue weighted by Crippen LogP contribution is -2.29. The molecule has 0 aliphatic heterocycles. The highest BCUT2D eigenvalue weighted by Crippen LogP contribution is 2.34. The van der Waals surface area contributed by atoms with Crippen molar-refractivity contribution in [2.45, 2.75) is 6.04 Å². The molecule has 0 aromatic heterocycles. The third-order valence-electron chi connectivity index (χ3n) is 2.96. The van der Waals surface area contributed by atoms with Crippen LogP contribution in [-0.4, -0.2) is 7.11 Å². The van der Waals surface area contributed by atoms with Gasteiger partial charge in [0.05, 0.1) is 18.2 Å². The SMILES string of the molecule is COc1cc(C(NN)c2c(F)cccc2Br)ccc1Cl. The van der Waals surface area contributed by atoms with E-state index in [9.17, 15) is 4.39 Å². The van der Waals surface area contributed by atoms with Crippen LogP contribution in [-0.2, 0) is 0 Å². The van der Waals surface area contributed by atoms with E-state index >= 15 is 0 Å². The van der Waals surface area contributed by atoms with Gasteiger partial charge in [0.25, 0.3) is 0 Å². The number of nitrogens with one attached hydrogen (secondary N) is 1. The number of rotatable bonds is 4. The van der Waals surface area contributed by atoms with Crippen LogP contribution in [0.15, 0.2) is 40.9 Å². The number of halogens is 3. The second-order valence-corrected chi connectivity index (χ2v) is 5.39. The number of benzene rings is 2. The van der Waals surface area contributed by atoms with E-state index in [-0.39, 0.29) is 5.82 Å². The predicted octanol–water partition coefficient (Wildman–Crippen LogP) is 3.80. The summed E-state index contributed by atoms with van der Waals surface area (Å²) < 4.78 is 19.9. The molecule has 1 atom stereocenters. The minimum atomic E-state index is -0.517. The van der Waals surface area contributed by atoms with Crippen LogP contribution in [0, 0.1) is 5.82 Å².